The summed E-state index contributed by atoms with van der Waals surface area (Å²) in [6, 6.07) is 0. The van der Waals surface area contributed by atoms with Crippen molar-refractivity contribution >= 4 is 11.8 Å². The molecule has 0 aromatic rings. The fraction of sp³-hybridized carbons (Fsp3) is 0.875. The summed E-state index contributed by atoms with van der Waals surface area (Å²) in [5, 5.41) is 2.86. The van der Waals surface area contributed by atoms with Gasteiger partial charge in [0.15, 0.2) is 0 Å². The van der Waals surface area contributed by atoms with Crippen molar-refractivity contribution in [3.63, 3.8) is 0 Å². The molecule has 3 N–H and O–H groups in total. The molecule has 5 heteroatoms. The summed E-state index contributed by atoms with van der Waals surface area (Å²) in [7, 11) is 0. The first-order chi connectivity index (χ1) is 10.0. The Kier molecular flexibility index (Phi) is 5.62. The Hall–Kier alpha value is -1.10. The number of nitrogens with one attached hydrogen (secondary N) is 1. The van der Waals surface area contributed by atoms with Crippen LogP contribution in [0.3, 0.4) is 0 Å². The van der Waals surface area contributed by atoms with Crippen molar-refractivity contribution in [2.24, 2.45) is 5.73 Å². The van der Waals surface area contributed by atoms with Crippen LogP contribution in [0.15, 0.2) is 0 Å². The van der Waals surface area contributed by atoms with Crippen LogP contribution in [-0.4, -0.2) is 29.6 Å². The molecule has 0 heterocycles. The van der Waals surface area contributed by atoms with Crippen LogP contribution < -0.4 is 11.1 Å². The smallest absolute Gasteiger partial charge is 0.249 e. The van der Waals surface area contributed by atoms with Crippen LogP contribution in [-0.2, 0) is 14.3 Å². The van der Waals surface area contributed by atoms with Crippen LogP contribution in [0.1, 0.15) is 71.1 Å². The summed E-state index contributed by atoms with van der Waals surface area (Å²) in [6.07, 6.45) is 9.70. The number of ether oxygens (including phenoxy) is 1. The highest BCUT2D eigenvalue weighted by molar-refractivity contribution is 5.92. The van der Waals surface area contributed by atoms with E-state index in [1.54, 1.807) is 6.92 Å². The zero-order valence-corrected chi connectivity index (χ0v) is 13.0. The van der Waals surface area contributed by atoms with Crippen LogP contribution in [0.5, 0.6) is 0 Å². The number of hydrogen-bond donors (Lipinski definition) is 2. The van der Waals surface area contributed by atoms with Gasteiger partial charge >= 0.3 is 0 Å². The number of nitrogens with two attached hydrogens (primary N) is 1. The molecule has 2 rings (SSSR count). The van der Waals surface area contributed by atoms with E-state index >= 15 is 0 Å². The third kappa shape index (κ3) is 4.19. The number of amides is 2. The Morgan fingerprint density at radius 2 is 1.67 bits per heavy atom. The third-order valence-corrected chi connectivity index (χ3v) is 4.86. The molecule has 21 heavy (non-hydrogen) atoms. The zero-order valence-electron chi connectivity index (χ0n) is 13.0. The van der Waals surface area contributed by atoms with Crippen LogP contribution in [0.25, 0.3) is 0 Å². The van der Waals surface area contributed by atoms with Gasteiger partial charge in [0.05, 0.1) is 6.10 Å². The largest absolute Gasteiger partial charge is 0.368 e. The highest BCUT2D eigenvalue weighted by atomic mass is 16.5. The monoisotopic (exact) mass is 296 g/mol. The lowest BCUT2D eigenvalue weighted by Gasteiger charge is -2.29. The number of primary amides is 1. The molecule has 2 aliphatic rings. The second kappa shape index (κ2) is 7.25. The maximum atomic E-state index is 12.3. The van der Waals surface area contributed by atoms with Gasteiger partial charge in [-0.1, -0.05) is 38.5 Å². The van der Waals surface area contributed by atoms with Gasteiger partial charge in [-0.2, -0.15) is 0 Å². The van der Waals surface area contributed by atoms with E-state index in [1.807, 2.05) is 0 Å². The lowest BCUT2D eigenvalue weighted by molar-refractivity contribution is -0.141. The molecule has 2 amide bonds. The van der Waals surface area contributed by atoms with Crippen LogP contribution in [0.4, 0.5) is 0 Å². The van der Waals surface area contributed by atoms with Crippen LogP contribution >= 0.6 is 0 Å². The molecule has 0 radical (unpaired) electrons. The van der Waals surface area contributed by atoms with Crippen molar-refractivity contribution in [1.29, 1.82) is 0 Å². The summed E-state index contributed by atoms with van der Waals surface area (Å²) in [6.45, 7) is 1.77. The lowest BCUT2D eigenvalue weighted by atomic mass is 9.96. The lowest BCUT2D eigenvalue weighted by Crippen LogP contribution is -2.57. The van der Waals surface area contributed by atoms with E-state index in [9.17, 15) is 9.59 Å². The minimum absolute atomic E-state index is 0.168. The quantitative estimate of drug-likeness (QED) is 0.762. The molecular weight excluding hydrogens is 268 g/mol. The van der Waals surface area contributed by atoms with Gasteiger partial charge in [-0.3, -0.25) is 9.59 Å². The molecule has 0 aromatic heterocycles. The van der Waals surface area contributed by atoms with Crippen LogP contribution in [0.2, 0.25) is 0 Å². The van der Waals surface area contributed by atoms with Crippen molar-refractivity contribution in [3.05, 3.63) is 0 Å². The second-order valence-corrected chi connectivity index (χ2v) is 6.53. The second-order valence-electron chi connectivity index (χ2n) is 6.53. The summed E-state index contributed by atoms with van der Waals surface area (Å²) in [5.74, 6) is -0.630. The van der Waals surface area contributed by atoms with Gasteiger partial charge in [-0.05, 0) is 32.6 Å². The highest BCUT2D eigenvalue weighted by Crippen LogP contribution is 2.29. The predicted molar refractivity (Wildman–Crippen MR) is 80.6 cm³/mol. The average molecular weight is 296 g/mol. The molecule has 1 unspecified atom stereocenters. The first kappa shape index (κ1) is 16.3. The van der Waals surface area contributed by atoms with E-state index in [2.05, 4.69) is 5.32 Å². The SMILES string of the molecule is CC(OC1CCCCCC1)C(=O)NC1(C(N)=O)CCCC1. The molecule has 2 fully saturated rings. The minimum Gasteiger partial charge on any atom is -0.368 e. The Balaban J connectivity index is 1.88. The average Bonchev–Trinajstić information content (AvgIpc) is 2.77. The first-order valence-corrected chi connectivity index (χ1v) is 8.31. The Morgan fingerprint density at radius 1 is 1.10 bits per heavy atom. The van der Waals surface area contributed by atoms with E-state index < -0.39 is 17.6 Å². The fourth-order valence-electron chi connectivity index (χ4n) is 3.48. The van der Waals surface area contributed by atoms with E-state index in [-0.39, 0.29) is 12.0 Å². The fourth-order valence-corrected chi connectivity index (χ4v) is 3.48. The Morgan fingerprint density at radius 3 is 2.19 bits per heavy atom. The van der Waals surface area contributed by atoms with Crippen LogP contribution in [0, 0.1) is 0 Å². The zero-order chi connectivity index (χ0) is 15.3. The van der Waals surface area contributed by atoms with Crippen molar-refractivity contribution in [2.45, 2.75) is 88.9 Å². The molecule has 0 aliphatic heterocycles. The van der Waals surface area contributed by atoms with Gasteiger partial charge in [-0.15, -0.1) is 0 Å². The van der Waals surface area contributed by atoms with Crippen molar-refractivity contribution in [2.75, 3.05) is 0 Å². The minimum atomic E-state index is -0.849. The number of rotatable bonds is 5. The van der Waals surface area contributed by atoms with Crippen molar-refractivity contribution in [1.82, 2.24) is 5.32 Å². The Bertz CT molecular complexity index is 370. The maximum Gasteiger partial charge on any atom is 0.249 e. The molecular formula is C16H28N2O3. The maximum absolute atomic E-state index is 12.3. The summed E-state index contributed by atoms with van der Waals surface area (Å²) < 4.78 is 5.90. The topological polar surface area (TPSA) is 81.4 Å². The molecule has 0 bridgehead atoms. The van der Waals surface area contributed by atoms with Gasteiger partial charge < -0.3 is 15.8 Å². The number of hydrogen-bond acceptors (Lipinski definition) is 3. The third-order valence-electron chi connectivity index (χ3n) is 4.86. The summed E-state index contributed by atoms with van der Waals surface area (Å²) in [5.41, 5.74) is 4.64. The number of carbonyl (C=O) groups is 2. The number of carbonyl (C=O) groups excluding carboxylic acids is 2. The molecule has 0 aromatic carbocycles. The van der Waals surface area contributed by atoms with Gasteiger partial charge in [0.25, 0.3) is 0 Å². The highest BCUT2D eigenvalue weighted by Gasteiger charge is 2.41. The molecule has 2 aliphatic carbocycles. The van der Waals surface area contributed by atoms with E-state index in [0.717, 1.165) is 25.7 Å². The van der Waals surface area contributed by atoms with E-state index in [1.165, 1.54) is 25.7 Å². The van der Waals surface area contributed by atoms with Gasteiger partial charge in [0.1, 0.15) is 11.6 Å². The van der Waals surface area contributed by atoms with E-state index in [0.29, 0.717) is 12.8 Å². The standard InChI is InChI=1S/C16H28N2O3/c1-12(21-13-8-4-2-3-5-9-13)14(19)18-16(15(17)20)10-6-7-11-16/h12-13H,2-11H2,1H3,(H2,17,20)(H,18,19). The predicted octanol–water partition coefficient (Wildman–Crippen LogP) is 2.03. The van der Waals surface area contributed by atoms with Gasteiger partial charge in [0.2, 0.25) is 11.8 Å². The Labute approximate surface area is 127 Å². The molecule has 2 saturated carbocycles. The molecule has 1 atom stereocenters. The molecule has 120 valence electrons. The van der Waals surface area contributed by atoms with E-state index in [4.69, 9.17) is 10.5 Å². The van der Waals surface area contributed by atoms with Crippen molar-refractivity contribution < 1.29 is 14.3 Å². The summed E-state index contributed by atoms with van der Waals surface area (Å²) >= 11 is 0. The molecule has 5 nitrogen and oxygen atoms in total. The molecule has 0 saturated heterocycles. The van der Waals surface area contributed by atoms with Crippen molar-refractivity contribution in [3.8, 4) is 0 Å². The summed E-state index contributed by atoms with van der Waals surface area (Å²) in [4.78, 5) is 24.0. The van der Waals surface area contributed by atoms with Gasteiger partial charge in [0, 0.05) is 0 Å². The van der Waals surface area contributed by atoms with Gasteiger partial charge in [-0.25, -0.2) is 0 Å². The molecule has 0 spiro atoms. The normalized spacial score (nSPS) is 24.2. The first-order valence-electron chi connectivity index (χ1n) is 8.31.